The molecule has 0 amide bonds. The third-order valence-corrected chi connectivity index (χ3v) is 3.25. The van der Waals surface area contributed by atoms with Gasteiger partial charge in [-0.15, -0.1) is 24.0 Å². The fourth-order valence-electron chi connectivity index (χ4n) is 1.97. The van der Waals surface area contributed by atoms with Gasteiger partial charge in [0.1, 0.15) is 11.6 Å². The number of hydrogen-bond donors (Lipinski definition) is 2. The monoisotopic (exact) mass is 429 g/mol. The van der Waals surface area contributed by atoms with Gasteiger partial charge < -0.3 is 15.4 Å². The Morgan fingerprint density at radius 2 is 1.70 bits per heavy atom. The van der Waals surface area contributed by atoms with E-state index in [9.17, 15) is 4.39 Å². The fraction of sp³-hybridized carbons (Fsp3) is 0.235. The van der Waals surface area contributed by atoms with Crippen molar-refractivity contribution in [3.63, 3.8) is 0 Å². The lowest BCUT2D eigenvalue weighted by atomic mass is 10.2. The van der Waals surface area contributed by atoms with Crippen LogP contribution < -0.4 is 15.4 Å². The molecule has 2 rings (SSSR count). The Morgan fingerprint density at radius 1 is 1.04 bits per heavy atom. The molecule has 0 unspecified atom stereocenters. The molecule has 0 saturated heterocycles. The summed E-state index contributed by atoms with van der Waals surface area (Å²) in [5.41, 5.74) is 1.71. The van der Waals surface area contributed by atoms with Crippen molar-refractivity contribution < 1.29 is 9.13 Å². The highest BCUT2D eigenvalue weighted by Gasteiger charge is 2.03. The van der Waals surface area contributed by atoms with Crippen molar-refractivity contribution in [3.05, 3.63) is 65.5 Å². The van der Waals surface area contributed by atoms with Crippen LogP contribution in [0, 0.1) is 5.82 Å². The van der Waals surface area contributed by atoms with Crippen LogP contribution in [0.25, 0.3) is 0 Å². The SMILES string of the molecule is CN=C(NCc1ccc(OC)cc1)NCc1ccccc1F.I. The van der Waals surface area contributed by atoms with Crippen LogP contribution in [-0.4, -0.2) is 20.1 Å². The molecule has 0 aliphatic carbocycles. The third-order valence-electron chi connectivity index (χ3n) is 3.25. The number of methoxy groups -OCH3 is 1. The van der Waals surface area contributed by atoms with Gasteiger partial charge in [-0.25, -0.2) is 4.39 Å². The Morgan fingerprint density at radius 3 is 2.30 bits per heavy atom. The molecule has 0 bridgehead atoms. The maximum Gasteiger partial charge on any atom is 0.191 e. The molecule has 0 aromatic heterocycles. The van der Waals surface area contributed by atoms with E-state index >= 15 is 0 Å². The van der Waals surface area contributed by atoms with Crippen LogP contribution in [0.5, 0.6) is 5.75 Å². The van der Waals surface area contributed by atoms with Gasteiger partial charge in [-0.3, -0.25) is 4.99 Å². The van der Waals surface area contributed by atoms with Crippen molar-refractivity contribution >= 4 is 29.9 Å². The fourth-order valence-corrected chi connectivity index (χ4v) is 1.97. The highest BCUT2D eigenvalue weighted by molar-refractivity contribution is 14.0. The van der Waals surface area contributed by atoms with Crippen molar-refractivity contribution in [1.29, 1.82) is 0 Å². The number of rotatable bonds is 5. The number of nitrogens with one attached hydrogen (secondary N) is 2. The second-order valence-electron chi connectivity index (χ2n) is 4.72. The van der Waals surface area contributed by atoms with Crippen LogP contribution in [-0.2, 0) is 13.1 Å². The maximum atomic E-state index is 13.6. The molecule has 0 fully saturated rings. The van der Waals surface area contributed by atoms with Gasteiger partial charge in [0.15, 0.2) is 5.96 Å². The molecule has 23 heavy (non-hydrogen) atoms. The smallest absolute Gasteiger partial charge is 0.191 e. The zero-order valence-corrected chi connectivity index (χ0v) is 15.5. The minimum absolute atomic E-state index is 0. The molecule has 0 aliphatic heterocycles. The summed E-state index contributed by atoms with van der Waals surface area (Å²) in [5.74, 6) is 1.23. The van der Waals surface area contributed by atoms with Gasteiger partial charge in [-0.05, 0) is 23.8 Å². The Bertz CT molecular complexity index is 632. The Kier molecular flexibility index (Phi) is 8.39. The lowest BCUT2D eigenvalue weighted by Gasteiger charge is -2.12. The number of nitrogens with zero attached hydrogens (tertiary/aromatic N) is 1. The molecule has 4 nitrogen and oxygen atoms in total. The summed E-state index contributed by atoms with van der Waals surface area (Å²) < 4.78 is 18.7. The first-order valence-electron chi connectivity index (χ1n) is 7.04. The van der Waals surface area contributed by atoms with Gasteiger partial charge in [0.05, 0.1) is 7.11 Å². The Hall–Kier alpha value is -1.83. The summed E-state index contributed by atoms with van der Waals surface area (Å²) in [5, 5.41) is 6.28. The molecule has 2 aromatic carbocycles. The third kappa shape index (κ3) is 6.05. The Balaban J connectivity index is 0.00000264. The predicted molar refractivity (Wildman–Crippen MR) is 102 cm³/mol. The van der Waals surface area contributed by atoms with Crippen LogP contribution in [0.15, 0.2) is 53.5 Å². The number of benzene rings is 2. The van der Waals surface area contributed by atoms with Crippen LogP contribution in [0.3, 0.4) is 0 Å². The molecule has 6 heteroatoms. The normalized spacial score (nSPS) is 10.7. The zero-order valence-electron chi connectivity index (χ0n) is 13.2. The van der Waals surface area contributed by atoms with Gasteiger partial charge in [0.25, 0.3) is 0 Å². The standard InChI is InChI=1S/C17H20FN3O.HI/c1-19-17(21-12-14-5-3-4-6-16(14)18)20-11-13-7-9-15(22-2)10-8-13;/h3-10H,11-12H2,1-2H3,(H2,19,20,21);1H. The summed E-state index contributed by atoms with van der Waals surface area (Å²) in [6.45, 7) is 1.01. The average molecular weight is 429 g/mol. The van der Waals surface area contributed by atoms with Crippen LogP contribution in [0.1, 0.15) is 11.1 Å². The van der Waals surface area contributed by atoms with Crippen molar-refractivity contribution in [2.75, 3.05) is 14.2 Å². The molecule has 0 heterocycles. The highest BCUT2D eigenvalue weighted by atomic mass is 127. The molecule has 2 N–H and O–H groups in total. The molecule has 0 aliphatic rings. The molecule has 0 atom stereocenters. The summed E-state index contributed by atoms with van der Waals surface area (Å²) in [4.78, 5) is 4.13. The van der Waals surface area contributed by atoms with Crippen LogP contribution in [0.4, 0.5) is 4.39 Å². The van der Waals surface area contributed by atoms with E-state index in [2.05, 4.69) is 15.6 Å². The highest BCUT2D eigenvalue weighted by Crippen LogP contribution is 2.11. The van der Waals surface area contributed by atoms with Gasteiger partial charge in [-0.1, -0.05) is 30.3 Å². The average Bonchev–Trinajstić information content (AvgIpc) is 2.57. The van der Waals surface area contributed by atoms with Gasteiger partial charge in [0.2, 0.25) is 0 Å². The number of ether oxygens (including phenoxy) is 1. The minimum atomic E-state index is -0.222. The summed E-state index contributed by atoms with van der Waals surface area (Å²) >= 11 is 0. The quantitative estimate of drug-likeness (QED) is 0.436. The summed E-state index contributed by atoms with van der Waals surface area (Å²) in [6.07, 6.45) is 0. The molecule has 124 valence electrons. The van der Waals surface area contributed by atoms with E-state index in [0.29, 0.717) is 24.6 Å². The van der Waals surface area contributed by atoms with E-state index in [4.69, 9.17) is 4.74 Å². The first-order valence-corrected chi connectivity index (χ1v) is 7.04. The van der Waals surface area contributed by atoms with Crippen molar-refractivity contribution in [2.45, 2.75) is 13.1 Å². The summed E-state index contributed by atoms with van der Waals surface area (Å²) in [6, 6.07) is 14.5. The topological polar surface area (TPSA) is 45.7 Å². The van der Waals surface area contributed by atoms with Crippen molar-refractivity contribution in [1.82, 2.24) is 10.6 Å². The second kappa shape index (κ2) is 10.0. The summed E-state index contributed by atoms with van der Waals surface area (Å²) in [7, 11) is 3.33. The lowest BCUT2D eigenvalue weighted by Crippen LogP contribution is -2.36. The largest absolute Gasteiger partial charge is 0.497 e. The van der Waals surface area contributed by atoms with E-state index in [1.807, 2.05) is 30.3 Å². The first-order chi connectivity index (χ1) is 10.7. The molecule has 0 saturated carbocycles. The van der Waals surface area contributed by atoms with E-state index < -0.39 is 0 Å². The van der Waals surface area contributed by atoms with Crippen LogP contribution in [0.2, 0.25) is 0 Å². The number of aliphatic imine (C=N–C) groups is 1. The van der Waals surface area contributed by atoms with Gasteiger partial charge in [0, 0.05) is 25.7 Å². The second-order valence-corrected chi connectivity index (χ2v) is 4.72. The van der Waals surface area contributed by atoms with E-state index in [0.717, 1.165) is 11.3 Å². The van der Waals surface area contributed by atoms with E-state index in [-0.39, 0.29) is 29.8 Å². The number of halogens is 2. The lowest BCUT2D eigenvalue weighted by molar-refractivity contribution is 0.414. The zero-order chi connectivity index (χ0) is 15.8. The Labute approximate surface area is 153 Å². The maximum absolute atomic E-state index is 13.6. The van der Waals surface area contributed by atoms with Crippen molar-refractivity contribution in [2.24, 2.45) is 4.99 Å². The van der Waals surface area contributed by atoms with Crippen LogP contribution >= 0.6 is 24.0 Å². The molecular weight excluding hydrogens is 408 g/mol. The molecule has 2 aromatic rings. The number of guanidine groups is 1. The molecule has 0 radical (unpaired) electrons. The minimum Gasteiger partial charge on any atom is -0.497 e. The van der Waals surface area contributed by atoms with Gasteiger partial charge >= 0.3 is 0 Å². The number of hydrogen-bond acceptors (Lipinski definition) is 2. The predicted octanol–water partition coefficient (Wildman–Crippen LogP) is 3.32. The van der Waals surface area contributed by atoms with E-state index in [1.165, 1.54) is 6.07 Å². The van der Waals surface area contributed by atoms with Crippen molar-refractivity contribution in [3.8, 4) is 5.75 Å². The molecular formula is C17H21FIN3O. The van der Waals surface area contributed by atoms with E-state index in [1.54, 1.807) is 26.3 Å². The molecule has 0 spiro atoms. The van der Waals surface area contributed by atoms with Gasteiger partial charge in [-0.2, -0.15) is 0 Å². The first kappa shape index (κ1) is 19.2.